The molecule has 0 aliphatic carbocycles. The molecule has 0 saturated carbocycles. The van der Waals surface area contributed by atoms with Gasteiger partial charge in [0.1, 0.15) is 5.75 Å². The Morgan fingerprint density at radius 2 is 1.56 bits per heavy atom. The molecule has 0 saturated heterocycles. The van der Waals surface area contributed by atoms with E-state index in [0.29, 0.717) is 30.0 Å². The van der Waals surface area contributed by atoms with E-state index >= 15 is 0 Å². The number of carbonyl (C=O) groups is 2. The molecule has 3 N–H and O–H groups in total. The van der Waals surface area contributed by atoms with Crippen LogP contribution < -0.4 is 20.7 Å². The third-order valence-corrected chi connectivity index (χ3v) is 4.95. The predicted molar refractivity (Wildman–Crippen MR) is 134 cm³/mol. The zero-order valence-electron chi connectivity index (χ0n) is 18.9. The highest BCUT2D eigenvalue weighted by atomic mass is 32.1. The SMILES string of the molecule is CCCCCCCOc1ccc(C(=O)NC(=S)Nc2cccc(NC(=O)CCC)c2)cc1. The quantitative estimate of drug-likeness (QED) is 0.274. The number of nitrogens with one attached hydrogen (secondary N) is 3. The highest BCUT2D eigenvalue weighted by Gasteiger charge is 2.09. The van der Waals surface area contributed by atoms with Gasteiger partial charge in [-0.05, 0) is 67.5 Å². The van der Waals surface area contributed by atoms with Crippen molar-refractivity contribution in [2.45, 2.75) is 58.8 Å². The van der Waals surface area contributed by atoms with E-state index in [-0.39, 0.29) is 16.9 Å². The van der Waals surface area contributed by atoms with Crippen LogP contribution in [0.15, 0.2) is 48.5 Å². The third-order valence-electron chi connectivity index (χ3n) is 4.74. The van der Waals surface area contributed by atoms with Gasteiger partial charge in [0.05, 0.1) is 6.61 Å². The number of carbonyl (C=O) groups excluding carboxylic acids is 2. The summed E-state index contributed by atoms with van der Waals surface area (Å²) in [5.74, 6) is 0.408. The summed E-state index contributed by atoms with van der Waals surface area (Å²) in [6.45, 7) is 4.83. The normalized spacial score (nSPS) is 10.3. The summed E-state index contributed by atoms with van der Waals surface area (Å²) in [4.78, 5) is 24.2. The van der Waals surface area contributed by atoms with Crippen LogP contribution in [0.1, 0.15) is 69.2 Å². The molecule has 172 valence electrons. The van der Waals surface area contributed by atoms with Crippen molar-refractivity contribution in [3.05, 3.63) is 54.1 Å². The summed E-state index contributed by atoms with van der Waals surface area (Å²) in [7, 11) is 0. The molecule has 7 heteroatoms. The van der Waals surface area contributed by atoms with E-state index in [2.05, 4.69) is 22.9 Å². The van der Waals surface area contributed by atoms with Crippen LogP contribution in [0.3, 0.4) is 0 Å². The number of hydrogen-bond acceptors (Lipinski definition) is 4. The maximum atomic E-state index is 12.5. The molecule has 2 aromatic carbocycles. The van der Waals surface area contributed by atoms with Crippen LogP contribution in [-0.4, -0.2) is 23.5 Å². The van der Waals surface area contributed by atoms with Crippen molar-refractivity contribution in [2.75, 3.05) is 17.2 Å². The highest BCUT2D eigenvalue weighted by Crippen LogP contribution is 2.16. The van der Waals surface area contributed by atoms with E-state index in [1.165, 1.54) is 25.7 Å². The van der Waals surface area contributed by atoms with Gasteiger partial charge in [-0.2, -0.15) is 0 Å². The van der Waals surface area contributed by atoms with Crippen LogP contribution in [0.4, 0.5) is 11.4 Å². The minimum absolute atomic E-state index is 0.0375. The molecule has 2 amide bonds. The van der Waals surface area contributed by atoms with Crippen LogP contribution in [0, 0.1) is 0 Å². The molecule has 0 radical (unpaired) electrons. The standard InChI is InChI=1S/C25H33N3O3S/c1-3-5-6-7-8-17-31-22-15-13-19(14-16-22)24(30)28-25(32)27-21-12-9-11-20(18-21)26-23(29)10-4-2/h9,11-16,18H,3-8,10,17H2,1-2H3,(H,26,29)(H2,27,28,30,32). The van der Waals surface area contributed by atoms with Crippen LogP contribution in [0.2, 0.25) is 0 Å². The number of hydrogen-bond donors (Lipinski definition) is 3. The van der Waals surface area contributed by atoms with E-state index in [1.54, 1.807) is 42.5 Å². The van der Waals surface area contributed by atoms with E-state index < -0.39 is 0 Å². The van der Waals surface area contributed by atoms with Crippen molar-refractivity contribution >= 4 is 40.5 Å². The Morgan fingerprint density at radius 1 is 0.875 bits per heavy atom. The molecule has 2 aromatic rings. The van der Waals surface area contributed by atoms with E-state index in [4.69, 9.17) is 17.0 Å². The number of benzene rings is 2. The lowest BCUT2D eigenvalue weighted by Crippen LogP contribution is -2.34. The van der Waals surface area contributed by atoms with Crippen molar-refractivity contribution in [1.29, 1.82) is 0 Å². The molecule has 0 heterocycles. The minimum atomic E-state index is -0.305. The predicted octanol–water partition coefficient (Wildman–Crippen LogP) is 5.90. The molecule has 0 bridgehead atoms. The number of anilines is 2. The number of thiocarbonyl (C=S) groups is 1. The molecule has 32 heavy (non-hydrogen) atoms. The molecule has 0 aliphatic rings. The van der Waals surface area contributed by atoms with Gasteiger partial charge in [0.2, 0.25) is 5.91 Å². The van der Waals surface area contributed by atoms with Crippen LogP contribution in [0.25, 0.3) is 0 Å². The molecule has 0 fully saturated rings. The Morgan fingerprint density at radius 3 is 2.25 bits per heavy atom. The summed E-state index contributed by atoms with van der Waals surface area (Å²) in [6.07, 6.45) is 7.19. The maximum absolute atomic E-state index is 12.5. The zero-order chi connectivity index (χ0) is 23.2. The molecule has 0 unspecified atom stereocenters. The molecular weight excluding hydrogens is 422 g/mol. The first kappa shape index (κ1) is 25.3. The topological polar surface area (TPSA) is 79.5 Å². The van der Waals surface area contributed by atoms with Crippen LogP contribution in [-0.2, 0) is 4.79 Å². The smallest absolute Gasteiger partial charge is 0.257 e. The van der Waals surface area contributed by atoms with Gasteiger partial charge in [-0.15, -0.1) is 0 Å². The van der Waals surface area contributed by atoms with Crippen molar-refractivity contribution in [1.82, 2.24) is 5.32 Å². The van der Waals surface area contributed by atoms with Crippen LogP contribution >= 0.6 is 12.2 Å². The molecule has 6 nitrogen and oxygen atoms in total. The number of unbranched alkanes of at least 4 members (excludes halogenated alkanes) is 4. The second-order valence-corrected chi connectivity index (χ2v) is 7.98. The second-order valence-electron chi connectivity index (χ2n) is 7.57. The lowest BCUT2D eigenvalue weighted by atomic mass is 10.2. The van der Waals surface area contributed by atoms with E-state index in [9.17, 15) is 9.59 Å². The second kappa shape index (κ2) is 14.2. The van der Waals surface area contributed by atoms with Gasteiger partial charge in [-0.3, -0.25) is 14.9 Å². The molecule has 0 aromatic heterocycles. The van der Waals surface area contributed by atoms with Crippen molar-refractivity contribution < 1.29 is 14.3 Å². The Kier molecular flexibility index (Phi) is 11.2. The van der Waals surface area contributed by atoms with E-state index in [0.717, 1.165) is 18.6 Å². The highest BCUT2D eigenvalue weighted by molar-refractivity contribution is 7.80. The average Bonchev–Trinajstić information content (AvgIpc) is 2.77. The molecule has 0 atom stereocenters. The van der Waals surface area contributed by atoms with Gasteiger partial charge < -0.3 is 15.4 Å². The lowest BCUT2D eigenvalue weighted by Gasteiger charge is -2.12. The summed E-state index contributed by atoms with van der Waals surface area (Å²) < 4.78 is 5.74. The number of amides is 2. The zero-order valence-corrected chi connectivity index (χ0v) is 19.7. The largest absolute Gasteiger partial charge is 0.494 e. The first-order valence-corrected chi connectivity index (χ1v) is 11.7. The first-order chi connectivity index (χ1) is 15.5. The van der Waals surface area contributed by atoms with Crippen molar-refractivity contribution in [3.8, 4) is 5.75 Å². The summed E-state index contributed by atoms with van der Waals surface area (Å²) >= 11 is 5.26. The minimum Gasteiger partial charge on any atom is -0.494 e. The molecule has 0 aliphatic heterocycles. The lowest BCUT2D eigenvalue weighted by molar-refractivity contribution is -0.116. The van der Waals surface area contributed by atoms with Crippen LogP contribution in [0.5, 0.6) is 5.75 Å². The van der Waals surface area contributed by atoms with Crippen molar-refractivity contribution in [2.24, 2.45) is 0 Å². The molecule has 0 spiro atoms. The van der Waals surface area contributed by atoms with E-state index in [1.807, 2.05) is 13.0 Å². The Balaban J connectivity index is 1.80. The van der Waals surface area contributed by atoms with Gasteiger partial charge in [0, 0.05) is 23.4 Å². The van der Waals surface area contributed by atoms with Gasteiger partial charge >= 0.3 is 0 Å². The maximum Gasteiger partial charge on any atom is 0.257 e. The van der Waals surface area contributed by atoms with Gasteiger partial charge in [-0.25, -0.2) is 0 Å². The Hall–Kier alpha value is -2.93. The van der Waals surface area contributed by atoms with Gasteiger partial charge in [0.15, 0.2) is 5.11 Å². The van der Waals surface area contributed by atoms with Crippen molar-refractivity contribution in [3.63, 3.8) is 0 Å². The number of rotatable bonds is 12. The first-order valence-electron chi connectivity index (χ1n) is 11.3. The monoisotopic (exact) mass is 455 g/mol. The summed E-state index contributed by atoms with van der Waals surface area (Å²) in [6, 6.07) is 14.2. The third kappa shape index (κ3) is 9.47. The summed E-state index contributed by atoms with van der Waals surface area (Å²) in [5, 5.41) is 8.66. The number of ether oxygens (including phenoxy) is 1. The average molecular weight is 456 g/mol. The van der Waals surface area contributed by atoms with Gasteiger partial charge in [0.25, 0.3) is 5.91 Å². The summed E-state index contributed by atoms with van der Waals surface area (Å²) in [5.41, 5.74) is 1.83. The fraction of sp³-hybridized carbons (Fsp3) is 0.400. The fourth-order valence-electron chi connectivity index (χ4n) is 3.06. The fourth-order valence-corrected chi connectivity index (χ4v) is 3.27. The molecular formula is C25H33N3O3S. The van der Waals surface area contributed by atoms with Gasteiger partial charge in [-0.1, -0.05) is 45.6 Å². The Labute approximate surface area is 196 Å². The molecule has 2 rings (SSSR count). The Bertz CT molecular complexity index is 884.